The van der Waals surface area contributed by atoms with Gasteiger partial charge in [-0.3, -0.25) is 4.79 Å². The number of nitriles is 1. The number of anilines is 1. The summed E-state index contributed by atoms with van der Waals surface area (Å²) in [7, 11) is 0. The van der Waals surface area contributed by atoms with Gasteiger partial charge in [-0.25, -0.2) is 4.98 Å². The van der Waals surface area contributed by atoms with Crippen molar-refractivity contribution in [2.75, 3.05) is 5.32 Å². The Labute approximate surface area is 125 Å². The van der Waals surface area contributed by atoms with Gasteiger partial charge in [0.1, 0.15) is 17.5 Å². The fraction of sp³-hybridized carbons (Fsp3) is 0.438. The number of rotatable bonds is 4. The molecule has 0 aliphatic heterocycles. The van der Waals surface area contributed by atoms with E-state index in [1.807, 2.05) is 25.1 Å². The van der Waals surface area contributed by atoms with Crippen LogP contribution >= 0.6 is 0 Å². The topological polar surface area (TPSA) is 77.8 Å². The maximum atomic E-state index is 12.1. The molecule has 0 radical (unpaired) electrons. The molecule has 21 heavy (non-hydrogen) atoms. The first-order valence-corrected chi connectivity index (χ1v) is 7.30. The fourth-order valence-electron chi connectivity index (χ4n) is 2.43. The third-order valence-corrected chi connectivity index (χ3v) is 3.56. The van der Waals surface area contributed by atoms with Crippen LogP contribution in [0, 0.1) is 18.3 Å². The summed E-state index contributed by atoms with van der Waals surface area (Å²) in [4.78, 5) is 16.3. The molecule has 2 N–H and O–H groups in total. The molecule has 0 aromatic carbocycles. The number of amides is 1. The smallest absolute Gasteiger partial charge is 0.263 e. The Hall–Kier alpha value is -2.35. The summed E-state index contributed by atoms with van der Waals surface area (Å²) in [6, 6.07) is 7.67. The molecule has 0 atom stereocenters. The molecule has 1 heterocycles. The molecule has 5 heteroatoms. The highest BCUT2D eigenvalue weighted by Crippen LogP contribution is 2.17. The van der Waals surface area contributed by atoms with Crippen molar-refractivity contribution in [2.24, 2.45) is 0 Å². The van der Waals surface area contributed by atoms with Gasteiger partial charge < -0.3 is 10.6 Å². The van der Waals surface area contributed by atoms with E-state index in [9.17, 15) is 4.79 Å². The predicted molar refractivity (Wildman–Crippen MR) is 81.3 cm³/mol. The van der Waals surface area contributed by atoms with Crippen molar-refractivity contribution >= 4 is 11.7 Å². The lowest BCUT2D eigenvalue weighted by molar-refractivity contribution is -0.118. The summed E-state index contributed by atoms with van der Waals surface area (Å²) >= 11 is 0. The number of carbonyl (C=O) groups excluding carboxylic acids is 1. The monoisotopic (exact) mass is 284 g/mol. The largest absolute Gasteiger partial charge is 0.349 e. The van der Waals surface area contributed by atoms with E-state index in [4.69, 9.17) is 5.26 Å². The molecule has 1 fully saturated rings. The van der Waals surface area contributed by atoms with Crippen molar-refractivity contribution in [3.63, 3.8) is 0 Å². The maximum absolute atomic E-state index is 12.1. The average Bonchev–Trinajstić information content (AvgIpc) is 2.49. The van der Waals surface area contributed by atoms with Crippen LogP contribution in [-0.2, 0) is 4.79 Å². The molecule has 0 spiro atoms. The zero-order valence-corrected chi connectivity index (χ0v) is 12.2. The molecule has 0 saturated heterocycles. The van der Waals surface area contributed by atoms with E-state index in [0.717, 1.165) is 31.4 Å². The van der Waals surface area contributed by atoms with Gasteiger partial charge in [0.05, 0.1) is 0 Å². The molecule has 1 aliphatic carbocycles. The van der Waals surface area contributed by atoms with Crippen molar-refractivity contribution in [3.8, 4) is 6.07 Å². The Balaban J connectivity index is 1.96. The van der Waals surface area contributed by atoms with E-state index in [0.29, 0.717) is 5.82 Å². The van der Waals surface area contributed by atoms with Crippen LogP contribution in [0.3, 0.4) is 0 Å². The van der Waals surface area contributed by atoms with Crippen molar-refractivity contribution in [1.82, 2.24) is 10.3 Å². The van der Waals surface area contributed by atoms with Crippen LogP contribution in [0.25, 0.3) is 0 Å². The van der Waals surface area contributed by atoms with Gasteiger partial charge in [0.25, 0.3) is 5.91 Å². The van der Waals surface area contributed by atoms with Crippen molar-refractivity contribution in [3.05, 3.63) is 35.7 Å². The van der Waals surface area contributed by atoms with Gasteiger partial charge in [-0.2, -0.15) is 5.26 Å². The second-order valence-corrected chi connectivity index (χ2v) is 5.29. The van der Waals surface area contributed by atoms with E-state index < -0.39 is 0 Å². The van der Waals surface area contributed by atoms with Crippen LogP contribution in [-0.4, -0.2) is 16.9 Å². The van der Waals surface area contributed by atoms with E-state index in [1.54, 1.807) is 6.07 Å². The van der Waals surface area contributed by atoms with Gasteiger partial charge in [0.2, 0.25) is 0 Å². The molecular weight excluding hydrogens is 264 g/mol. The first kappa shape index (κ1) is 15.0. The zero-order valence-electron chi connectivity index (χ0n) is 12.2. The Morgan fingerprint density at radius 1 is 1.38 bits per heavy atom. The number of aromatic nitrogens is 1. The van der Waals surface area contributed by atoms with E-state index in [1.165, 1.54) is 12.6 Å². The molecule has 2 rings (SSSR count). The highest BCUT2D eigenvalue weighted by Gasteiger charge is 2.17. The number of hydrogen-bond acceptors (Lipinski definition) is 4. The lowest BCUT2D eigenvalue weighted by Gasteiger charge is -2.22. The van der Waals surface area contributed by atoms with Crippen LogP contribution in [0.15, 0.2) is 30.0 Å². The normalized spacial score (nSPS) is 16.1. The number of aryl methyl sites for hydroxylation is 1. The molecule has 1 saturated carbocycles. The third kappa shape index (κ3) is 4.60. The van der Waals surface area contributed by atoms with E-state index in [-0.39, 0.29) is 17.5 Å². The standard InChI is InChI=1S/C16H20N4O/c1-12-6-5-9-15(19-12)18-11-13(10-17)16(21)20-14-7-3-2-4-8-14/h5-6,9,11,14H,2-4,7-8H2,1H3,(H,18,19)(H,20,21)/b13-11-. The summed E-state index contributed by atoms with van der Waals surface area (Å²) < 4.78 is 0. The predicted octanol–water partition coefficient (Wildman–Crippen LogP) is 2.66. The quantitative estimate of drug-likeness (QED) is 0.658. The van der Waals surface area contributed by atoms with Crippen molar-refractivity contribution in [1.29, 1.82) is 5.26 Å². The van der Waals surface area contributed by atoms with Gasteiger partial charge in [0, 0.05) is 17.9 Å². The lowest BCUT2D eigenvalue weighted by atomic mass is 9.95. The molecule has 110 valence electrons. The summed E-state index contributed by atoms with van der Waals surface area (Å²) in [5.41, 5.74) is 0.947. The second-order valence-electron chi connectivity index (χ2n) is 5.29. The number of hydrogen-bond donors (Lipinski definition) is 2. The molecule has 0 bridgehead atoms. The Morgan fingerprint density at radius 3 is 2.81 bits per heavy atom. The number of carbonyl (C=O) groups is 1. The number of nitrogens with zero attached hydrogens (tertiary/aromatic N) is 2. The van der Waals surface area contributed by atoms with Gasteiger partial charge in [-0.15, -0.1) is 0 Å². The third-order valence-electron chi connectivity index (χ3n) is 3.56. The molecule has 0 unspecified atom stereocenters. The second kappa shape index (κ2) is 7.44. The van der Waals surface area contributed by atoms with Gasteiger partial charge >= 0.3 is 0 Å². The Morgan fingerprint density at radius 2 is 2.14 bits per heavy atom. The van der Waals surface area contributed by atoms with E-state index in [2.05, 4.69) is 15.6 Å². The lowest BCUT2D eigenvalue weighted by Crippen LogP contribution is -2.37. The molecule has 1 aromatic rings. The molecule has 1 amide bonds. The summed E-state index contributed by atoms with van der Waals surface area (Å²) in [5.74, 6) is 0.303. The Bertz CT molecular complexity index is 568. The minimum Gasteiger partial charge on any atom is -0.349 e. The van der Waals surface area contributed by atoms with Crippen molar-refractivity contribution < 1.29 is 4.79 Å². The van der Waals surface area contributed by atoms with Gasteiger partial charge in [0.15, 0.2) is 0 Å². The minimum atomic E-state index is -0.315. The molecular formula is C16H20N4O. The maximum Gasteiger partial charge on any atom is 0.263 e. The minimum absolute atomic E-state index is 0.0730. The van der Waals surface area contributed by atoms with Crippen LogP contribution in [0.1, 0.15) is 37.8 Å². The van der Waals surface area contributed by atoms with Gasteiger partial charge in [-0.05, 0) is 31.9 Å². The average molecular weight is 284 g/mol. The van der Waals surface area contributed by atoms with Crippen LogP contribution in [0.4, 0.5) is 5.82 Å². The van der Waals surface area contributed by atoms with Crippen LogP contribution in [0.2, 0.25) is 0 Å². The number of nitrogens with one attached hydrogen (secondary N) is 2. The summed E-state index contributed by atoms with van der Waals surface area (Å²) in [6.45, 7) is 1.88. The zero-order chi connectivity index (χ0) is 15.1. The Kier molecular flexibility index (Phi) is 5.33. The molecule has 1 aromatic heterocycles. The van der Waals surface area contributed by atoms with E-state index >= 15 is 0 Å². The van der Waals surface area contributed by atoms with Crippen molar-refractivity contribution in [2.45, 2.75) is 45.1 Å². The van der Waals surface area contributed by atoms with Crippen LogP contribution < -0.4 is 10.6 Å². The first-order chi connectivity index (χ1) is 10.2. The molecule has 1 aliphatic rings. The van der Waals surface area contributed by atoms with Gasteiger partial charge in [-0.1, -0.05) is 25.3 Å². The highest BCUT2D eigenvalue weighted by molar-refractivity contribution is 5.97. The van der Waals surface area contributed by atoms with Crippen LogP contribution in [0.5, 0.6) is 0 Å². The highest BCUT2D eigenvalue weighted by atomic mass is 16.1. The summed E-state index contributed by atoms with van der Waals surface area (Å²) in [5, 5.41) is 14.9. The first-order valence-electron chi connectivity index (χ1n) is 7.30. The fourth-order valence-corrected chi connectivity index (χ4v) is 2.43. The molecule has 5 nitrogen and oxygen atoms in total. The summed E-state index contributed by atoms with van der Waals surface area (Å²) in [6.07, 6.45) is 6.92. The number of pyridine rings is 1. The SMILES string of the molecule is Cc1cccc(N/C=C(/C#N)C(=O)NC2CCCCC2)n1.